The van der Waals surface area contributed by atoms with Crippen LogP contribution in [0.4, 0.5) is 0 Å². The normalized spacial score (nSPS) is 24.3. The van der Waals surface area contributed by atoms with Gasteiger partial charge in [0.05, 0.1) is 18.9 Å². The van der Waals surface area contributed by atoms with Gasteiger partial charge in [-0.25, -0.2) is 0 Å². The molecule has 1 atom stereocenters. The average molecular weight is 305 g/mol. The van der Waals surface area contributed by atoms with Crippen molar-refractivity contribution in [1.29, 1.82) is 0 Å². The summed E-state index contributed by atoms with van der Waals surface area (Å²) >= 11 is 0. The Morgan fingerprint density at radius 1 is 1.18 bits per heavy atom. The molecular weight excluding hydrogens is 278 g/mol. The van der Waals surface area contributed by atoms with Crippen molar-refractivity contribution in [2.24, 2.45) is 11.8 Å². The maximum Gasteiger partial charge on any atom is 0.233 e. The Bertz CT molecular complexity index is 438. The molecule has 5 nitrogen and oxygen atoms in total. The van der Waals surface area contributed by atoms with E-state index in [0.717, 1.165) is 31.4 Å². The second-order valence-electron chi connectivity index (χ2n) is 6.65. The van der Waals surface area contributed by atoms with Crippen molar-refractivity contribution in [3.63, 3.8) is 0 Å². The van der Waals surface area contributed by atoms with Crippen LogP contribution in [-0.2, 0) is 4.74 Å². The number of hydrogen-bond acceptors (Lipinski definition) is 5. The molecule has 122 valence electrons. The average Bonchev–Trinajstić information content (AvgIpc) is 2.57. The number of aromatic nitrogens is 2. The Labute approximate surface area is 133 Å². The Morgan fingerprint density at radius 2 is 2.05 bits per heavy atom. The lowest BCUT2D eigenvalue weighted by atomic mass is 9.95. The van der Waals surface area contributed by atoms with Gasteiger partial charge in [-0.05, 0) is 63.6 Å². The largest absolute Gasteiger partial charge is 0.476 e. The smallest absolute Gasteiger partial charge is 0.233 e. The van der Waals surface area contributed by atoms with E-state index in [9.17, 15) is 0 Å². The summed E-state index contributed by atoms with van der Waals surface area (Å²) < 4.78 is 11.4. The van der Waals surface area contributed by atoms with E-state index in [-0.39, 0.29) is 0 Å². The molecule has 1 unspecified atom stereocenters. The number of nitrogens with zero attached hydrogens (tertiary/aromatic N) is 3. The summed E-state index contributed by atoms with van der Waals surface area (Å²) in [6.07, 6.45) is 4.99. The van der Waals surface area contributed by atoms with Crippen LogP contribution in [-0.4, -0.2) is 54.6 Å². The molecule has 0 radical (unpaired) electrons. The van der Waals surface area contributed by atoms with Gasteiger partial charge in [0, 0.05) is 19.2 Å². The summed E-state index contributed by atoms with van der Waals surface area (Å²) in [6.45, 7) is 8.18. The zero-order chi connectivity index (χ0) is 15.2. The van der Waals surface area contributed by atoms with Gasteiger partial charge in [0.15, 0.2) is 0 Å². The van der Waals surface area contributed by atoms with Crippen LogP contribution in [0.25, 0.3) is 0 Å². The topological polar surface area (TPSA) is 47.5 Å². The van der Waals surface area contributed by atoms with Gasteiger partial charge in [0.25, 0.3) is 0 Å². The highest BCUT2D eigenvalue weighted by molar-refractivity contribution is 5.10. The van der Waals surface area contributed by atoms with Gasteiger partial charge in [-0.1, -0.05) is 0 Å². The van der Waals surface area contributed by atoms with Gasteiger partial charge in [0.1, 0.15) is 0 Å². The molecule has 5 heteroatoms. The number of rotatable bonds is 5. The lowest BCUT2D eigenvalue weighted by Gasteiger charge is -2.35. The van der Waals surface area contributed by atoms with E-state index in [4.69, 9.17) is 9.47 Å². The summed E-state index contributed by atoms with van der Waals surface area (Å²) in [4.78, 5) is 2.60. The van der Waals surface area contributed by atoms with E-state index < -0.39 is 0 Å². The Kier molecular flexibility index (Phi) is 5.62. The Morgan fingerprint density at radius 3 is 2.73 bits per heavy atom. The Hall–Kier alpha value is -1.20. The fourth-order valence-corrected chi connectivity index (χ4v) is 3.32. The zero-order valence-electron chi connectivity index (χ0n) is 13.5. The summed E-state index contributed by atoms with van der Waals surface area (Å²) in [6, 6.07) is 3.84. The van der Waals surface area contributed by atoms with Crippen molar-refractivity contribution < 1.29 is 9.47 Å². The lowest BCUT2D eigenvalue weighted by molar-refractivity contribution is 0.0306. The van der Waals surface area contributed by atoms with E-state index in [1.165, 1.54) is 45.3 Å². The number of likely N-dealkylation sites (tertiary alicyclic amines) is 1. The minimum absolute atomic E-state index is 0.641. The van der Waals surface area contributed by atoms with Crippen LogP contribution < -0.4 is 4.74 Å². The molecule has 1 aromatic heterocycles. The first kappa shape index (κ1) is 15.7. The fourth-order valence-electron chi connectivity index (χ4n) is 3.32. The third kappa shape index (κ3) is 4.65. The summed E-state index contributed by atoms with van der Waals surface area (Å²) in [5.74, 6) is 2.03. The molecule has 0 spiro atoms. The van der Waals surface area contributed by atoms with Gasteiger partial charge < -0.3 is 14.4 Å². The van der Waals surface area contributed by atoms with E-state index in [1.54, 1.807) is 0 Å². The number of ether oxygens (including phenoxy) is 2. The monoisotopic (exact) mass is 305 g/mol. The van der Waals surface area contributed by atoms with Crippen LogP contribution >= 0.6 is 0 Å². The van der Waals surface area contributed by atoms with Crippen molar-refractivity contribution in [3.05, 3.63) is 17.8 Å². The first-order valence-electron chi connectivity index (χ1n) is 8.53. The molecule has 0 N–H and O–H groups in total. The third-order valence-electron chi connectivity index (χ3n) is 4.72. The van der Waals surface area contributed by atoms with Crippen LogP contribution in [0, 0.1) is 18.8 Å². The molecule has 1 aromatic rings. The second kappa shape index (κ2) is 7.88. The molecule has 0 amide bonds. The lowest BCUT2D eigenvalue weighted by Crippen LogP contribution is -2.40. The first-order valence-corrected chi connectivity index (χ1v) is 8.53. The molecule has 0 aromatic carbocycles. The molecule has 22 heavy (non-hydrogen) atoms. The van der Waals surface area contributed by atoms with Gasteiger partial charge in [-0.2, -0.15) is 5.10 Å². The van der Waals surface area contributed by atoms with Crippen molar-refractivity contribution >= 4 is 0 Å². The van der Waals surface area contributed by atoms with E-state index in [1.807, 2.05) is 19.1 Å². The van der Waals surface area contributed by atoms with Crippen molar-refractivity contribution in [2.75, 3.05) is 39.5 Å². The second-order valence-corrected chi connectivity index (χ2v) is 6.65. The predicted molar refractivity (Wildman–Crippen MR) is 85.0 cm³/mol. The number of aryl methyl sites for hydroxylation is 1. The van der Waals surface area contributed by atoms with Crippen LogP contribution in [0.2, 0.25) is 0 Å². The maximum absolute atomic E-state index is 5.77. The van der Waals surface area contributed by atoms with Crippen molar-refractivity contribution in [3.8, 4) is 5.88 Å². The van der Waals surface area contributed by atoms with Crippen LogP contribution in [0.3, 0.4) is 0 Å². The van der Waals surface area contributed by atoms with Crippen molar-refractivity contribution in [2.45, 2.75) is 32.6 Å². The zero-order valence-corrected chi connectivity index (χ0v) is 13.5. The molecule has 0 saturated carbocycles. The molecule has 2 saturated heterocycles. The molecule has 2 aliphatic heterocycles. The summed E-state index contributed by atoms with van der Waals surface area (Å²) in [5, 5.41) is 8.08. The number of piperidine rings is 1. The minimum Gasteiger partial charge on any atom is -0.476 e. The minimum atomic E-state index is 0.641. The highest BCUT2D eigenvalue weighted by atomic mass is 16.5. The molecule has 0 bridgehead atoms. The first-order chi connectivity index (χ1) is 10.8. The number of hydrogen-bond donors (Lipinski definition) is 0. The van der Waals surface area contributed by atoms with E-state index in [2.05, 4.69) is 15.1 Å². The van der Waals surface area contributed by atoms with Gasteiger partial charge >= 0.3 is 0 Å². The molecular formula is C17H27N3O2. The standard InChI is InChI=1S/C17H27N3O2/c1-14-4-5-17(19-18-14)22-13-15-6-8-20(9-7-15)11-16-3-2-10-21-12-16/h4-5,15-16H,2-3,6-13H2,1H3. The van der Waals surface area contributed by atoms with Crippen molar-refractivity contribution in [1.82, 2.24) is 15.1 Å². The molecule has 2 aliphatic rings. The van der Waals surface area contributed by atoms with E-state index in [0.29, 0.717) is 11.8 Å². The maximum atomic E-state index is 5.77. The SMILES string of the molecule is Cc1ccc(OCC2CCN(CC3CCCOC3)CC2)nn1. The van der Waals surface area contributed by atoms with Gasteiger partial charge in [0.2, 0.25) is 5.88 Å². The van der Waals surface area contributed by atoms with Crippen LogP contribution in [0.15, 0.2) is 12.1 Å². The summed E-state index contributed by atoms with van der Waals surface area (Å²) in [5.41, 5.74) is 0.923. The Balaban J connectivity index is 1.35. The highest BCUT2D eigenvalue weighted by Gasteiger charge is 2.23. The highest BCUT2D eigenvalue weighted by Crippen LogP contribution is 2.21. The molecule has 3 rings (SSSR count). The van der Waals surface area contributed by atoms with Gasteiger partial charge in [-0.15, -0.1) is 5.10 Å². The molecule has 2 fully saturated rings. The molecule has 3 heterocycles. The predicted octanol–water partition coefficient (Wildman–Crippen LogP) is 2.30. The molecule has 0 aliphatic carbocycles. The van der Waals surface area contributed by atoms with Crippen LogP contribution in [0.5, 0.6) is 5.88 Å². The fraction of sp³-hybridized carbons (Fsp3) is 0.765. The summed E-state index contributed by atoms with van der Waals surface area (Å²) in [7, 11) is 0. The third-order valence-corrected chi connectivity index (χ3v) is 4.72. The quantitative estimate of drug-likeness (QED) is 0.835. The van der Waals surface area contributed by atoms with Crippen LogP contribution in [0.1, 0.15) is 31.4 Å². The van der Waals surface area contributed by atoms with Gasteiger partial charge in [-0.3, -0.25) is 0 Å². The van der Waals surface area contributed by atoms with E-state index >= 15 is 0 Å².